The summed E-state index contributed by atoms with van der Waals surface area (Å²) in [5.74, 6) is 4.28. The lowest BCUT2D eigenvalue weighted by Crippen LogP contribution is -2.30. The minimum absolute atomic E-state index is 0.129. The van der Waals surface area contributed by atoms with Gasteiger partial charge >= 0.3 is 0 Å². The van der Waals surface area contributed by atoms with Crippen molar-refractivity contribution in [3.8, 4) is 5.75 Å². The molecule has 3 fully saturated rings. The van der Waals surface area contributed by atoms with Gasteiger partial charge in [-0.15, -0.1) is 0 Å². The molecule has 4 heteroatoms. The highest BCUT2D eigenvalue weighted by atomic mass is 16.5. The molecule has 0 saturated heterocycles. The number of ether oxygens (including phenoxy) is 1. The Morgan fingerprint density at radius 2 is 1.86 bits per heavy atom. The second-order valence-corrected chi connectivity index (χ2v) is 6.75. The molecule has 1 aromatic rings. The molecule has 0 heterocycles. The summed E-state index contributed by atoms with van der Waals surface area (Å²) in [6.45, 7) is 0.421. The molecule has 4 atom stereocenters. The Bertz CT molecular complexity index is 526. The number of nitrogen functional groups attached to an aromatic ring is 1. The topological polar surface area (TPSA) is 64.3 Å². The number of hydrogen-bond acceptors (Lipinski definition) is 3. The van der Waals surface area contributed by atoms with Crippen molar-refractivity contribution in [2.24, 2.45) is 23.7 Å². The predicted octanol–water partition coefficient (Wildman–Crippen LogP) is 2.20. The largest absolute Gasteiger partial charge is 0.493 e. The molecule has 3 aliphatic carbocycles. The van der Waals surface area contributed by atoms with Gasteiger partial charge in [-0.1, -0.05) is 0 Å². The van der Waals surface area contributed by atoms with Crippen LogP contribution in [0.5, 0.6) is 5.75 Å². The van der Waals surface area contributed by atoms with E-state index < -0.39 is 0 Å². The van der Waals surface area contributed by atoms with E-state index in [-0.39, 0.29) is 5.91 Å². The van der Waals surface area contributed by atoms with Crippen LogP contribution < -0.4 is 15.8 Å². The van der Waals surface area contributed by atoms with Crippen LogP contribution in [-0.2, 0) is 4.79 Å². The molecule has 0 aliphatic heterocycles. The summed E-state index contributed by atoms with van der Waals surface area (Å²) in [5, 5.41) is 3.21. The Morgan fingerprint density at radius 1 is 1.19 bits per heavy atom. The van der Waals surface area contributed by atoms with Crippen LogP contribution in [0, 0.1) is 23.7 Å². The first kappa shape index (κ1) is 13.0. The molecule has 4 nitrogen and oxygen atoms in total. The first-order valence-electron chi connectivity index (χ1n) is 8.00. The summed E-state index contributed by atoms with van der Waals surface area (Å²) in [6, 6.07) is 7.74. The van der Waals surface area contributed by atoms with E-state index in [1.54, 1.807) is 12.1 Å². The van der Waals surface area contributed by atoms with Gasteiger partial charge in [-0.3, -0.25) is 4.79 Å². The molecule has 112 valence electrons. The molecule has 3 aliphatic rings. The molecule has 1 aromatic carbocycles. The molecule has 4 rings (SSSR count). The van der Waals surface area contributed by atoms with Crippen molar-refractivity contribution in [2.45, 2.75) is 31.7 Å². The molecule has 3 N–H and O–H groups in total. The molecule has 0 radical (unpaired) electrons. The standard InChI is InChI=1S/C17H22N2O2/c18-12-3-5-13(6-4-12)21-8-7-14(20)19-17-15-10-1-2-11(9-10)16(15)17/h3-6,10-11,15-17H,1-2,7-9,18H2,(H,19,20). The second-order valence-electron chi connectivity index (χ2n) is 6.75. The van der Waals surface area contributed by atoms with Crippen LogP contribution in [0.2, 0.25) is 0 Å². The Labute approximate surface area is 125 Å². The van der Waals surface area contributed by atoms with Crippen LogP contribution in [0.1, 0.15) is 25.7 Å². The van der Waals surface area contributed by atoms with E-state index in [4.69, 9.17) is 10.5 Å². The fourth-order valence-electron chi connectivity index (χ4n) is 4.60. The number of fused-ring (bicyclic) bond motifs is 5. The predicted molar refractivity (Wildman–Crippen MR) is 80.7 cm³/mol. The number of nitrogens with one attached hydrogen (secondary N) is 1. The van der Waals surface area contributed by atoms with Crippen molar-refractivity contribution in [3.05, 3.63) is 24.3 Å². The summed E-state index contributed by atoms with van der Waals surface area (Å²) >= 11 is 0. The first-order chi connectivity index (χ1) is 10.2. The third kappa shape index (κ3) is 2.37. The number of anilines is 1. The lowest BCUT2D eigenvalue weighted by Gasteiger charge is -2.11. The van der Waals surface area contributed by atoms with Crippen LogP contribution in [0.25, 0.3) is 0 Å². The normalized spacial score (nSPS) is 35.3. The smallest absolute Gasteiger partial charge is 0.223 e. The van der Waals surface area contributed by atoms with Crippen LogP contribution >= 0.6 is 0 Å². The van der Waals surface area contributed by atoms with Crippen molar-refractivity contribution in [2.75, 3.05) is 12.3 Å². The number of hydrogen-bond donors (Lipinski definition) is 2. The van der Waals surface area contributed by atoms with Crippen molar-refractivity contribution < 1.29 is 9.53 Å². The minimum atomic E-state index is 0.129. The van der Waals surface area contributed by atoms with Crippen molar-refractivity contribution in [3.63, 3.8) is 0 Å². The van der Waals surface area contributed by atoms with E-state index in [0.29, 0.717) is 19.1 Å². The summed E-state index contributed by atoms with van der Waals surface area (Å²) in [6.07, 6.45) is 4.62. The van der Waals surface area contributed by atoms with E-state index in [1.165, 1.54) is 19.3 Å². The maximum absolute atomic E-state index is 12.0. The van der Waals surface area contributed by atoms with E-state index in [9.17, 15) is 4.79 Å². The minimum Gasteiger partial charge on any atom is -0.493 e. The third-order valence-corrected chi connectivity index (χ3v) is 5.54. The van der Waals surface area contributed by atoms with Crippen molar-refractivity contribution in [1.29, 1.82) is 0 Å². The highest BCUT2D eigenvalue weighted by Crippen LogP contribution is 2.65. The number of benzene rings is 1. The summed E-state index contributed by atoms with van der Waals surface area (Å²) in [5.41, 5.74) is 6.34. The highest BCUT2D eigenvalue weighted by Gasteiger charge is 2.65. The Hall–Kier alpha value is -1.71. The average Bonchev–Trinajstić information content (AvgIpc) is 2.86. The number of rotatable bonds is 5. The van der Waals surface area contributed by atoms with Crippen molar-refractivity contribution >= 4 is 11.6 Å². The average molecular weight is 286 g/mol. The number of carbonyl (C=O) groups excluding carboxylic acids is 1. The van der Waals surface area contributed by atoms with Gasteiger partial charge in [-0.2, -0.15) is 0 Å². The molecule has 21 heavy (non-hydrogen) atoms. The molecular formula is C17H22N2O2. The highest BCUT2D eigenvalue weighted by molar-refractivity contribution is 5.77. The zero-order valence-corrected chi connectivity index (χ0v) is 12.1. The quantitative estimate of drug-likeness (QED) is 0.816. The Balaban J connectivity index is 1.20. The summed E-state index contributed by atoms with van der Waals surface area (Å²) < 4.78 is 5.57. The van der Waals surface area contributed by atoms with Gasteiger partial charge in [0.1, 0.15) is 5.75 Å². The first-order valence-corrected chi connectivity index (χ1v) is 8.00. The molecule has 1 amide bonds. The van der Waals surface area contributed by atoms with Gasteiger partial charge in [0.15, 0.2) is 0 Å². The van der Waals surface area contributed by atoms with Gasteiger partial charge in [0, 0.05) is 11.7 Å². The lowest BCUT2D eigenvalue weighted by atomic mass is 10.0. The van der Waals surface area contributed by atoms with E-state index in [2.05, 4.69) is 5.32 Å². The fourth-order valence-corrected chi connectivity index (χ4v) is 4.60. The lowest BCUT2D eigenvalue weighted by molar-refractivity contribution is -0.121. The van der Waals surface area contributed by atoms with Gasteiger partial charge < -0.3 is 15.8 Å². The summed E-state index contributed by atoms with van der Waals surface area (Å²) in [7, 11) is 0. The monoisotopic (exact) mass is 286 g/mol. The number of nitrogens with two attached hydrogens (primary N) is 1. The molecule has 0 spiro atoms. The maximum atomic E-state index is 12.0. The molecule has 0 aromatic heterocycles. The fraction of sp³-hybridized carbons (Fsp3) is 0.588. The van der Waals surface area contributed by atoms with Crippen molar-refractivity contribution in [1.82, 2.24) is 5.32 Å². The van der Waals surface area contributed by atoms with E-state index in [0.717, 1.165) is 35.1 Å². The Morgan fingerprint density at radius 3 is 2.52 bits per heavy atom. The molecule has 2 bridgehead atoms. The molecular weight excluding hydrogens is 264 g/mol. The van der Waals surface area contributed by atoms with Crippen LogP contribution in [-0.4, -0.2) is 18.6 Å². The van der Waals surface area contributed by atoms with Gasteiger partial charge in [0.2, 0.25) is 5.91 Å². The zero-order valence-electron chi connectivity index (χ0n) is 12.1. The molecule has 3 saturated carbocycles. The molecule has 4 unspecified atom stereocenters. The zero-order chi connectivity index (χ0) is 14.4. The van der Waals surface area contributed by atoms with Crippen LogP contribution in [0.15, 0.2) is 24.3 Å². The summed E-state index contributed by atoms with van der Waals surface area (Å²) in [4.78, 5) is 12.0. The third-order valence-electron chi connectivity index (χ3n) is 5.54. The maximum Gasteiger partial charge on any atom is 0.223 e. The van der Waals surface area contributed by atoms with E-state index >= 15 is 0 Å². The van der Waals surface area contributed by atoms with Gasteiger partial charge in [0.25, 0.3) is 0 Å². The van der Waals surface area contributed by atoms with Gasteiger partial charge in [-0.05, 0) is 67.2 Å². The Kier molecular flexibility index (Phi) is 3.05. The second kappa shape index (κ2) is 4.93. The van der Waals surface area contributed by atoms with Gasteiger partial charge in [0.05, 0.1) is 13.0 Å². The number of amides is 1. The van der Waals surface area contributed by atoms with Crippen LogP contribution in [0.3, 0.4) is 0 Å². The van der Waals surface area contributed by atoms with Gasteiger partial charge in [-0.25, -0.2) is 0 Å². The number of carbonyl (C=O) groups is 1. The van der Waals surface area contributed by atoms with E-state index in [1.807, 2.05) is 12.1 Å². The SMILES string of the molecule is Nc1ccc(OCCC(=O)NC2C3C4CCC(C4)C23)cc1. The van der Waals surface area contributed by atoms with Crippen LogP contribution in [0.4, 0.5) is 5.69 Å².